The van der Waals surface area contributed by atoms with Crippen molar-refractivity contribution in [3.8, 4) is 5.75 Å². The Morgan fingerprint density at radius 2 is 1.14 bits per heavy atom. The van der Waals surface area contributed by atoms with Crippen LogP contribution in [0.3, 0.4) is 0 Å². The summed E-state index contributed by atoms with van der Waals surface area (Å²) >= 11 is 0. The van der Waals surface area contributed by atoms with E-state index in [4.69, 9.17) is 9.47 Å². The Morgan fingerprint density at radius 3 is 1.55 bits per heavy atom. The van der Waals surface area contributed by atoms with Gasteiger partial charge in [-0.15, -0.1) is 0 Å². The van der Waals surface area contributed by atoms with E-state index in [1.165, 1.54) is 44.9 Å². The van der Waals surface area contributed by atoms with Gasteiger partial charge in [-0.25, -0.2) is 0 Å². The summed E-state index contributed by atoms with van der Waals surface area (Å²) in [6, 6.07) is 8.00. The lowest BCUT2D eigenvalue weighted by molar-refractivity contribution is 0.268. The van der Waals surface area contributed by atoms with Crippen LogP contribution < -0.4 is 4.74 Å². The molecule has 0 aliphatic rings. The lowest BCUT2D eigenvalue weighted by Gasteiger charge is -2.10. The number of benzene rings is 1. The van der Waals surface area contributed by atoms with Gasteiger partial charge >= 0.3 is 0 Å². The zero-order valence-corrected chi connectivity index (χ0v) is 21.1. The minimum Gasteiger partial charge on any atom is -0.494 e. The smallest absolute Gasteiger partial charge is 0.119 e. The molecule has 0 N–H and O–H groups in total. The minimum atomic E-state index is 0.749. The Hall–Kier alpha value is -1.44. The zero-order chi connectivity index (χ0) is 22.8. The molecule has 0 saturated heterocycles. The normalized spacial score (nSPS) is 8.97. The van der Waals surface area contributed by atoms with Crippen molar-refractivity contribution < 1.29 is 9.47 Å². The Morgan fingerprint density at radius 1 is 0.690 bits per heavy atom. The Bertz CT molecular complexity index is 407. The molecule has 0 aliphatic heterocycles. The molecule has 0 radical (unpaired) electrons. The molecule has 0 atom stereocenters. The highest BCUT2D eigenvalue weighted by molar-refractivity contribution is 5.58. The van der Waals surface area contributed by atoms with Gasteiger partial charge in [-0.05, 0) is 37.1 Å². The van der Waals surface area contributed by atoms with E-state index in [0.29, 0.717) is 0 Å². The van der Waals surface area contributed by atoms with Crippen LogP contribution in [0, 0.1) is 0 Å². The monoisotopic (exact) mass is 408 g/mol. The molecule has 0 heterocycles. The molecular formula is C27H52O2. The highest BCUT2D eigenvalue weighted by Crippen LogP contribution is 2.19. The van der Waals surface area contributed by atoms with Crippen LogP contribution in [-0.2, 0) is 4.74 Å². The van der Waals surface area contributed by atoms with Crippen LogP contribution in [-0.4, -0.2) is 13.2 Å². The minimum absolute atomic E-state index is 0.749. The van der Waals surface area contributed by atoms with Gasteiger partial charge in [0.1, 0.15) is 11.5 Å². The van der Waals surface area contributed by atoms with E-state index < -0.39 is 0 Å². The molecule has 1 rings (SSSR count). The van der Waals surface area contributed by atoms with Gasteiger partial charge in [0.25, 0.3) is 0 Å². The Balaban J connectivity index is -0.000000639. The van der Waals surface area contributed by atoms with Gasteiger partial charge in [0.15, 0.2) is 0 Å². The fourth-order valence-corrected chi connectivity index (χ4v) is 1.91. The van der Waals surface area contributed by atoms with Crippen molar-refractivity contribution in [3.63, 3.8) is 0 Å². The summed E-state index contributed by atoms with van der Waals surface area (Å²) in [7, 11) is 0. The molecular weight excluding hydrogens is 356 g/mol. The third kappa shape index (κ3) is 24.5. The first-order valence-electron chi connectivity index (χ1n) is 12.2. The summed E-state index contributed by atoms with van der Waals surface area (Å²) in [4.78, 5) is 0. The topological polar surface area (TPSA) is 18.5 Å². The van der Waals surface area contributed by atoms with Crippen LogP contribution in [0.5, 0.6) is 5.75 Å². The second-order valence-corrected chi connectivity index (χ2v) is 6.77. The molecule has 0 bridgehead atoms. The quantitative estimate of drug-likeness (QED) is 0.253. The van der Waals surface area contributed by atoms with Gasteiger partial charge in [-0.1, -0.05) is 107 Å². The predicted octanol–water partition coefficient (Wildman–Crippen LogP) is 9.68. The van der Waals surface area contributed by atoms with Crippen molar-refractivity contribution in [2.24, 2.45) is 0 Å². The lowest BCUT2D eigenvalue weighted by atomic mass is 10.2. The highest BCUT2D eigenvalue weighted by atomic mass is 16.5. The molecule has 0 aromatic heterocycles. The Kier molecular flexibility index (Phi) is 32.0. The van der Waals surface area contributed by atoms with Crippen LogP contribution in [0.1, 0.15) is 119 Å². The number of ether oxygens (including phenoxy) is 2. The van der Waals surface area contributed by atoms with Crippen LogP contribution in [0.25, 0.3) is 5.76 Å². The van der Waals surface area contributed by atoms with Gasteiger partial charge in [0, 0.05) is 5.56 Å². The summed E-state index contributed by atoms with van der Waals surface area (Å²) in [5.41, 5.74) is 1.03. The molecule has 0 amide bonds. The van der Waals surface area contributed by atoms with Crippen LogP contribution >= 0.6 is 0 Å². The first kappa shape index (κ1) is 32.2. The average Bonchev–Trinajstić information content (AvgIpc) is 2.77. The van der Waals surface area contributed by atoms with Crippen LogP contribution in [0.15, 0.2) is 30.8 Å². The number of hydrogen-bond donors (Lipinski definition) is 0. The molecule has 1 aromatic rings. The molecule has 172 valence electrons. The summed E-state index contributed by atoms with van der Waals surface area (Å²) in [6.45, 7) is 22.5. The van der Waals surface area contributed by atoms with Crippen molar-refractivity contribution >= 4 is 5.76 Å². The van der Waals surface area contributed by atoms with E-state index in [1.54, 1.807) is 0 Å². The maximum atomic E-state index is 5.69. The van der Waals surface area contributed by atoms with Crippen LogP contribution in [0.2, 0.25) is 0 Å². The third-order valence-corrected chi connectivity index (χ3v) is 3.72. The number of hydrogen-bond acceptors (Lipinski definition) is 2. The standard InChI is InChI=1S/C18H28O2.C4H10.C3H8.C2H6/c1-4-6-8-14-19-16(3)17-10-12-18(13-11-17)20-15-9-7-5-2;1-3-4-2;1-3-2;1-2/h10-13H,3-9,14-15H2,1-2H3;3-4H2,1-2H3;3H2,1-2H3;1-2H3. The molecule has 0 saturated carbocycles. The van der Waals surface area contributed by atoms with Gasteiger partial charge in [0.05, 0.1) is 13.2 Å². The highest BCUT2D eigenvalue weighted by Gasteiger charge is 2.01. The lowest BCUT2D eigenvalue weighted by Crippen LogP contribution is -1.97. The van der Waals surface area contributed by atoms with E-state index >= 15 is 0 Å². The van der Waals surface area contributed by atoms with Crippen molar-refractivity contribution in [1.82, 2.24) is 0 Å². The van der Waals surface area contributed by atoms with E-state index in [-0.39, 0.29) is 0 Å². The molecule has 0 spiro atoms. The van der Waals surface area contributed by atoms with Crippen molar-refractivity contribution in [3.05, 3.63) is 36.4 Å². The molecule has 1 aromatic carbocycles. The van der Waals surface area contributed by atoms with E-state index in [2.05, 4.69) is 48.1 Å². The molecule has 29 heavy (non-hydrogen) atoms. The number of unbranched alkanes of at least 4 members (excludes halogenated alkanes) is 5. The summed E-state index contributed by atoms with van der Waals surface area (Å²) < 4.78 is 11.3. The largest absolute Gasteiger partial charge is 0.494 e. The van der Waals surface area contributed by atoms with E-state index in [9.17, 15) is 0 Å². The molecule has 2 heteroatoms. The van der Waals surface area contributed by atoms with Gasteiger partial charge < -0.3 is 9.47 Å². The fourth-order valence-electron chi connectivity index (χ4n) is 1.91. The Labute approximate surface area is 184 Å². The summed E-state index contributed by atoms with van der Waals surface area (Å²) in [6.07, 6.45) is 11.0. The van der Waals surface area contributed by atoms with E-state index in [1.807, 2.05) is 38.1 Å². The van der Waals surface area contributed by atoms with Crippen LogP contribution in [0.4, 0.5) is 0 Å². The van der Waals surface area contributed by atoms with Gasteiger partial charge in [0.2, 0.25) is 0 Å². The van der Waals surface area contributed by atoms with Crippen molar-refractivity contribution in [2.75, 3.05) is 13.2 Å². The summed E-state index contributed by atoms with van der Waals surface area (Å²) in [5, 5.41) is 0. The average molecular weight is 409 g/mol. The molecule has 0 fully saturated rings. The van der Waals surface area contributed by atoms with Crippen molar-refractivity contribution in [1.29, 1.82) is 0 Å². The van der Waals surface area contributed by atoms with Crippen molar-refractivity contribution in [2.45, 2.75) is 113 Å². The first-order chi connectivity index (χ1) is 14.1. The second-order valence-electron chi connectivity index (χ2n) is 6.77. The fraction of sp³-hybridized carbons (Fsp3) is 0.704. The van der Waals surface area contributed by atoms with Gasteiger partial charge in [-0.2, -0.15) is 0 Å². The molecule has 0 unspecified atom stereocenters. The summed E-state index contributed by atoms with van der Waals surface area (Å²) in [5.74, 6) is 1.67. The third-order valence-electron chi connectivity index (χ3n) is 3.72. The van der Waals surface area contributed by atoms with Gasteiger partial charge in [-0.3, -0.25) is 0 Å². The SMILES string of the molecule is C=C(OCCCCC)c1ccc(OCCCCC)cc1.CC.CCC.CCCC. The second kappa shape index (κ2) is 28.8. The molecule has 0 aliphatic carbocycles. The van der Waals surface area contributed by atoms with E-state index in [0.717, 1.165) is 43.1 Å². The number of rotatable bonds is 12. The maximum absolute atomic E-state index is 5.69. The zero-order valence-electron chi connectivity index (χ0n) is 21.1. The maximum Gasteiger partial charge on any atom is 0.119 e. The first-order valence-corrected chi connectivity index (χ1v) is 12.2. The molecule has 2 nitrogen and oxygen atoms in total. The predicted molar refractivity (Wildman–Crippen MR) is 134 cm³/mol.